The second-order valence-electron chi connectivity index (χ2n) is 5.20. The summed E-state index contributed by atoms with van der Waals surface area (Å²) in [7, 11) is 0. The fraction of sp³-hybridized carbons (Fsp3) is 0.429. The number of carbonyl (C=O) groups excluding carboxylic acids is 2. The van der Waals surface area contributed by atoms with Gasteiger partial charge in [-0.05, 0) is 25.0 Å². The molecule has 1 saturated heterocycles. The highest BCUT2D eigenvalue weighted by atomic mass is 16.2. The Hall–Kier alpha value is -1.64. The largest absolute Gasteiger partial charge is 0.296 e. The van der Waals surface area contributed by atoms with Crippen molar-refractivity contribution >= 4 is 11.8 Å². The molecule has 1 fully saturated rings. The molecule has 1 aromatic carbocycles. The van der Waals surface area contributed by atoms with E-state index < -0.39 is 0 Å². The molecule has 0 aliphatic carbocycles. The van der Waals surface area contributed by atoms with Crippen LogP contribution in [-0.4, -0.2) is 11.8 Å². The number of aryl methyl sites for hydroxylation is 2. The Morgan fingerprint density at radius 1 is 1.12 bits per heavy atom. The van der Waals surface area contributed by atoms with Crippen molar-refractivity contribution in [1.29, 1.82) is 0 Å². The summed E-state index contributed by atoms with van der Waals surface area (Å²) in [6, 6.07) is 6.17. The van der Waals surface area contributed by atoms with Crippen LogP contribution < -0.4 is 5.32 Å². The van der Waals surface area contributed by atoms with E-state index >= 15 is 0 Å². The average Bonchev–Trinajstić information content (AvgIpc) is 2.13. The van der Waals surface area contributed by atoms with E-state index in [0.717, 1.165) is 11.1 Å². The monoisotopic (exact) mass is 231 g/mol. The maximum atomic E-state index is 11.5. The third-order valence-electron chi connectivity index (χ3n) is 3.41. The molecule has 0 saturated carbocycles. The van der Waals surface area contributed by atoms with E-state index in [-0.39, 0.29) is 17.2 Å². The second-order valence-corrected chi connectivity index (χ2v) is 5.20. The van der Waals surface area contributed by atoms with Gasteiger partial charge in [0.05, 0.1) is 0 Å². The number of hydrogen-bond acceptors (Lipinski definition) is 2. The Balaban J connectivity index is 2.43. The molecule has 0 radical (unpaired) electrons. The lowest BCUT2D eigenvalue weighted by molar-refractivity contribution is -0.135. The van der Waals surface area contributed by atoms with Crippen molar-refractivity contribution in [3.63, 3.8) is 0 Å². The molecule has 3 heteroatoms. The molecule has 0 spiro atoms. The summed E-state index contributed by atoms with van der Waals surface area (Å²) in [6.45, 7) is 6.06. The predicted molar refractivity (Wildman–Crippen MR) is 65.7 cm³/mol. The molecule has 3 nitrogen and oxygen atoms in total. The Kier molecular flexibility index (Phi) is 2.77. The first-order chi connectivity index (χ1) is 7.90. The highest BCUT2D eigenvalue weighted by Gasteiger charge is 2.37. The van der Waals surface area contributed by atoms with Crippen LogP contribution >= 0.6 is 0 Å². The van der Waals surface area contributed by atoms with Gasteiger partial charge in [0.25, 0.3) is 0 Å². The molecule has 0 unspecified atom stereocenters. The average molecular weight is 231 g/mol. The molecular formula is C14H17NO2. The number of hydrogen-bond donors (Lipinski definition) is 1. The van der Waals surface area contributed by atoms with E-state index in [9.17, 15) is 9.59 Å². The van der Waals surface area contributed by atoms with Crippen LogP contribution in [0, 0.1) is 13.8 Å². The highest BCUT2D eigenvalue weighted by Crippen LogP contribution is 2.35. The lowest BCUT2D eigenvalue weighted by atomic mass is 9.72. The molecule has 1 aromatic rings. The standard InChI is InChI=1S/C14H17NO2/c1-9-4-5-11(10(2)6-9)14(3)7-12(16)15-13(17)8-14/h4-6H,7-8H2,1-3H3,(H,15,16,17). The zero-order valence-electron chi connectivity index (χ0n) is 10.5. The van der Waals surface area contributed by atoms with E-state index in [2.05, 4.69) is 11.4 Å². The normalized spacial score (nSPS) is 19.0. The van der Waals surface area contributed by atoms with Crippen LogP contribution in [0.5, 0.6) is 0 Å². The summed E-state index contributed by atoms with van der Waals surface area (Å²) in [4.78, 5) is 23.0. The van der Waals surface area contributed by atoms with Crippen molar-refractivity contribution in [2.24, 2.45) is 0 Å². The Labute approximate surface area is 101 Å². The lowest BCUT2D eigenvalue weighted by Crippen LogP contribution is -2.45. The Morgan fingerprint density at radius 3 is 2.24 bits per heavy atom. The fourth-order valence-corrected chi connectivity index (χ4v) is 2.70. The summed E-state index contributed by atoms with van der Waals surface area (Å²) >= 11 is 0. The van der Waals surface area contributed by atoms with Crippen LogP contribution in [0.2, 0.25) is 0 Å². The molecule has 17 heavy (non-hydrogen) atoms. The molecule has 0 atom stereocenters. The zero-order chi connectivity index (χ0) is 12.6. The van der Waals surface area contributed by atoms with Crippen molar-refractivity contribution in [3.05, 3.63) is 34.9 Å². The Bertz CT molecular complexity index is 475. The van der Waals surface area contributed by atoms with E-state index in [4.69, 9.17) is 0 Å². The zero-order valence-corrected chi connectivity index (χ0v) is 10.5. The van der Waals surface area contributed by atoms with Crippen molar-refractivity contribution < 1.29 is 9.59 Å². The van der Waals surface area contributed by atoms with E-state index in [1.54, 1.807) is 0 Å². The first-order valence-electron chi connectivity index (χ1n) is 5.81. The fourth-order valence-electron chi connectivity index (χ4n) is 2.70. The summed E-state index contributed by atoms with van der Waals surface area (Å²) in [5.74, 6) is -0.354. The van der Waals surface area contributed by atoms with Crippen molar-refractivity contribution in [2.45, 2.75) is 39.0 Å². The van der Waals surface area contributed by atoms with E-state index in [1.165, 1.54) is 5.56 Å². The van der Waals surface area contributed by atoms with E-state index in [1.807, 2.05) is 32.9 Å². The maximum absolute atomic E-state index is 11.5. The van der Waals surface area contributed by atoms with Crippen LogP contribution in [0.1, 0.15) is 36.5 Å². The van der Waals surface area contributed by atoms with Gasteiger partial charge in [0.15, 0.2) is 0 Å². The van der Waals surface area contributed by atoms with Gasteiger partial charge in [-0.2, -0.15) is 0 Å². The summed E-state index contributed by atoms with van der Waals surface area (Å²) < 4.78 is 0. The smallest absolute Gasteiger partial charge is 0.227 e. The van der Waals surface area contributed by atoms with Gasteiger partial charge in [0.2, 0.25) is 11.8 Å². The minimum absolute atomic E-state index is 0.177. The molecular weight excluding hydrogens is 214 g/mol. The minimum Gasteiger partial charge on any atom is -0.296 e. The van der Waals surface area contributed by atoms with E-state index in [0.29, 0.717) is 12.8 Å². The highest BCUT2D eigenvalue weighted by molar-refractivity contribution is 5.99. The number of benzene rings is 1. The number of imide groups is 1. The first kappa shape index (κ1) is 11.8. The number of amides is 2. The molecule has 1 aliphatic heterocycles. The van der Waals surface area contributed by atoms with Crippen molar-refractivity contribution in [2.75, 3.05) is 0 Å². The van der Waals surface area contributed by atoms with Gasteiger partial charge in [-0.25, -0.2) is 0 Å². The topological polar surface area (TPSA) is 46.2 Å². The molecule has 2 rings (SSSR count). The molecule has 1 N–H and O–H groups in total. The van der Waals surface area contributed by atoms with Crippen LogP contribution in [0.4, 0.5) is 0 Å². The van der Waals surface area contributed by atoms with Crippen LogP contribution in [0.15, 0.2) is 18.2 Å². The van der Waals surface area contributed by atoms with Crippen LogP contribution in [-0.2, 0) is 15.0 Å². The molecule has 1 heterocycles. The molecule has 90 valence electrons. The van der Waals surface area contributed by atoms with Crippen LogP contribution in [0.25, 0.3) is 0 Å². The molecule has 2 amide bonds. The minimum atomic E-state index is -0.364. The molecule has 1 aliphatic rings. The third-order valence-corrected chi connectivity index (χ3v) is 3.41. The molecule has 0 aromatic heterocycles. The maximum Gasteiger partial charge on any atom is 0.227 e. The number of carbonyl (C=O) groups is 2. The summed E-state index contributed by atoms with van der Waals surface area (Å²) in [5.41, 5.74) is 3.08. The van der Waals surface area contributed by atoms with Gasteiger partial charge in [-0.3, -0.25) is 14.9 Å². The van der Waals surface area contributed by atoms with Gasteiger partial charge in [-0.1, -0.05) is 30.7 Å². The van der Waals surface area contributed by atoms with Gasteiger partial charge in [0.1, 0.15) is 0 Å². The summed E-state index contributed by atoms with van der Waals surface area (Å²) in [6.07, 6.45) is 0.755. The summed E-state index contributed by atoms with van der Waals surface area (Å²) in [5, 5.41) is 2.36. The number of nitrogens with one attached hydrogen (secondary N) is 1. The van der Waals surface area contributed by atoms with Gasteiger partial charge >= 0.3 is 0 Å². The van der Waals surface area contributed by atoms with Crippen LogP contribution in [0.3, 0.4) is 0 Å². The van der Waals surface area contributed by atoms with Gasteiger partial charge < -0.3 is 0 Å². The number of rotatable bonds is 1. The molecule has 0 bridgehead atoms. The van der Waals surface area contributed by atoms with Gasteiger partial charge in [0, 0.05) is 18.3 Å². The Morgan fingerprint density at radius 2 is 1.71 bits per heavy atom. The SMILES string of the molecule is Cc1ccc(C2(C)CC(=O)NC(=O)C2)c(C)c1. The quantitative estimate of drug-likeness (QED) is 0.751. The third kappa shape index (κ3) is 2.23. The van der Waals surface area contributed by atoms with Crippen molar-refractivity contribution in [1.82, 2.24) is 5.32 Å². The predicted octanol–water partition coefficient (Wildman–Crippen LogP) is 2.00. The van der Waals surface area contributed by atoms with Crippen molar-refractivity contribution in [3.8, 4) is 0 Å². The second kappa shape index (κ2) is 3.99. The lowest BCUT2D eigenvalue weighted by Gasteiger charge is -2.33. The van der Waals surface area contributed by atoms with Gasteiger partial charge in [-0.15, -0.1) is 0 Å². The first-order valence-corrected chi connectivity index (χ1v) is 5.81. The number of piperidine rings is 1.